The molecule has 3 spiro atoms. The van der Waals surface area contributed by atoms with Gasteiger partial charge in [-0.3, -0.25) is 0 Å². The van der Waals surface area contributed by atoms with Gasteiger partial charge in [-0.25, -0.2) is 0 Å². The quantitative estimate of drug-likeness (QED) is 0.133. The lowest BCUT2D eigenvalue weighted by atomic mass is 9.85. The van der Waals surface area contributed by atoms with E-state index in [2.05, 4.69) is 468 Å². The Balaban J connectivity index is 0.000000137. The molecule has 3 heteroatoms. The lowest BCUT2D eigenvalue weighted by molar-refractivity contribution is 0.590. The molecule has 6 heterocycles. The van der Waals surface area contributed by atoms with Crippen LogP contribution in [0.5, 0.6) is 0 Å². The molecule has 12 aromatic rings. The van der Waals surface area contributed by atoms with Crippen molar-refractivity contribution in [1.82, 2.24) is 0 Å². The molecule has 6 aliphatic heterocycles. The first-order valence-electron chi connectivity index (χ1n) is 46.4. The summed E-state index contributed by atoms with van der Waals surface area (Å²) in [5.74, 6) is 0. The summed E-state index contributed by atoms with van der Waals surface area (Å²) in [5, 5.41) is 19.0. The predicted molar refractivity (Wildman–Crippen MR) is 549 cm³/mol. The SMILES string of the molecule is CC(C)(C)c1ccc2c(c1)[Si]1(c3cc(C(C)(C)C)ccc3-2)c2cc(C(C)(C)C)ccc2-c2ccc(C(C)(C)C)cc21.CC(C)(C)c1ccc2c(c1)[Si]1(c3cc(C(C)(C)C)ccc3-2)c2cc(C(C)(C)C)ccc2-c2ccc(C(C)(C)C)cc21.CC(C)(C)c1ccc2c(c1)[Si]1(c3cc(C(C)(C)C)ccc3-2)c2cc(C(C)(C)C)ccc2-c2ccc(C(C)(C)C)cc21. The third-order valence-electron chi connectivity index (χ3n) is 29.2. The van der Waals surface area contributed by atoms with Gasteiger partial charge in [0.1, 0.15) is 0 Å². The van der Waals surface area contributed by atoms with E-state index in [9.17, 15) is 0 Å². The highest BCUT2D eigenvalue weighted by molar-refractivity contribution is 7.26. The minimum atomic E-state index is -2.59. The molecule has 0 saturated carbocycles. The average molecular weight is 1670 g/mol. The van der Waals surface area contributed by atoms with E-state index in [1.807, 2.05) is 0 Å². The molecule has 636 valence electrons. The highest BCUT2D eigenvalue weighted by Crippen LogP contribution is 2.47. The fourth-order valence-corrected chi connectivity index (χ4v) is 38.4. The van der Waals surface area contributed by atoms with Crippen molar-refractivity contribution in [3.05, 3.63) is 285 Å². The summed E-state index contributed by atoms with van der Waals surface area (Å²) in [5.41, 5.74) is 35.5. The average Bonchev–Trinajstić information content (AvgIpc) is 1.51. The molecule has 0 N–H and O–H groups in total. The molecule has 123 heavy (non-hydrogen) atoms. The summed E-state index contributed by atoms with van der Waals surface area (Å²) in [7, 11) is -7.78. The summed E-state index contributed by atoms with van der Waals surface area (Å²) >= 11 is 0. The van der Waals surface area contributed by atoms with Gasteiger partial charge in [0.25, 0.3) is 0 Å². The second-order valence-electron chi connectivity index (χ2n) is 50.4. The first-order chi connectivity index (χ1) is 56.5. The monoisotopic (exact) mass is 1670 g/mol. The van der Waals surface area contributed by atoms with Gasteiger partial charge < -0.3 is 0 Å². The number of fused-ring (bicyclic) bond motifs is 30. The second-order valence-corrected chi connectivity index (χ2v) is 61.3. The summed E-state index contributed by atoms with van der Waals surface area (Å²) in [6.45, 7) is 84.8. The van der Waals surface area contributed by atoms with Crippen molar-refractivity contribution in [2.45, 2.75) is 314 Å². The van der Waals surface area contributed by atoms with Crippen molar-refractivity contribution in [1.29, 1.82) is 0 Å². The van der Waals surface area contributed by atoms with Gasteiger partial charge in [0.2, 0.25) is 0 Å². The van der Waals surface area contributed by atoms with Crippen molar-refractivity contribution in [2.75, 3.05) is 0 Å². The Morgan fingerprint density at radius 2 is 0.171 bits per heavy atom. The van der Waals surface area contributed by atoms with E-state index < -0.39 is 24.2 Å². The van der Waals surface area contributed by atoms with Crippen LogP contribution in [0.15, 0.2) is 218 Å². The van der Waals surface area contributed by atoms with Crippen LogP contribution < -0.4 is 62.2 Å². The van der Waals surface area contributed by atoms with Gasteiger partial charge in [-0.2, -0.15) is 0 Å². The molecule has 12 aromatic carbocycles. The first kappa shape index (κ1) is 87.8. The van der Waals surface area contributed by atoms with E-state index in [1.54, 1.807) is 62.2 Å². The summed E-state index contributed by atoms with van der Waals surface area (Å²) < 4.78 is 0. The van der Waals surface area contributed by atoms with Crippen molar-refractivity contribution in [3.8, 4) is 66.8 Å². The van der Waals surface area contributed by atoms with Crippen LogP contribution in [-0.2, 0) is 65.0 Å². The minimum absolute atomic E-state index is 0.0841. The van der Waals surface area contributed by atoms with Gasteiger partial charge in [-0.05, 0) is 261 Å². The van der Waals surface area contributed by atoms with Gasteiger partial charge in [-0.1, -0.05) is 468 Å². The Kier molecular flexibility index (Phi) is 20.1. The third-order valence-corrected chi connectivity index (χ3v) is 43.9. The topological polar surface area (TPSA) is 0 Å². The van der Waals surface area contributed by atoms with E-state index >= 15 is 0 Å². The second kappa shape index (κ2) is 28.1. The molecular formula is C120H144Si3. The van der Waals surface area contributed by atoms with Crippen LogP contribution in [-0.4, -0.2) is 24.2 Å². The van der Waals surface area contributed by atoms with Crippen LogP contribution in [0, 0.1) is 0 Å². The number of hydrogen-bond donors (Lipinski definition) is 0. The van der Waals surface area contributed by atoms with Crippen LogP contribution in [0.4, 0.5) is 0 Å². The van der Waals surface area contributed by atoms with Crippen molar-refractivity contribution in [3.63, 3.8) is 0 Å². The molecule has 18 rings (SSSR count). The molecule has 0 aromatic heterocycles. The Morgan fingerprint density at radius 3 is 0.228 bits per heavy atom. The fourth-order valence-electron chi connectivity index (χ4n) is 21.3. The van der Waals surface area contributed by atoms with Crippen LogP contribution in [0.25, 0.3) is 66.8 Å². The van der Waals surface area contributed by atoms with Crippen molar-refractivity contribution < 1.29 is 0 Å². The predicted octanol–water partition coefficient (Wildman–Crippen LogP) is 24.6. The Morgan fingerprint density at radius 1 is 0.106 bits per heavy atom. The van der Waals surface area contributed by atoms with E-state index in [0.717, 1.165) is 0 Å². The van der Waals surface area contributed by atoms with Crippen LogP contribution in [0.1, 0.15) is 316 Å². The highest BCUT2D eigenvalue weighted by atomic mass is 28.3. The minimum Gasteiger partial charge on any atom is -0.0579 e. The molecule has 0 aliphatic carbocycles. The van der Waals surface area contributed by atoms with Crippen molar-refractivity contribution in [2.24, 2.45) is 0 Å². The number of benzene rings is 12. The van der Waals surface area contributed by atoms with Crippen molar-refractivity contribution >= 4 is 86.5 Å². The van der Waals surface area contributed by atoms with E-state index in [4.69, 9.17) is 0 Å². The highest BCUT2D eigenvalue weighted by Gasteiger charge is 2.59. The zero-order valence-electron chi connectivity index (χ0n) is 82.3. The zero-order valence-corrected chi connectivity index (χ0v) is 85.3. The molecule has 0 unspecified atom stereocenters. The molecule has 0 bridgehead atoms. The number of hydrogen-bond acceptors (Lipinski definition) is 0. The third kappa shape index (κ3) is 14.1. The van der Waals surface area contributed by atoms with Crippen LogP contribution >= 0.6 is 0 Å². The molecule has 0 saturated heterocycles. The van der Waals surface area contributed by atoms with E-state index in [0.29, 0.717) is 0 Å². The number of rotatable bonds is 0. The van der Waals surface area contributed by atoms with Crippen LogP contribution in [0.2, 0.25) is 0 Å². The Hall–Kier alpha value is -8.71. The van der Waals surface area contributed by atoms with E-state index in [1.165, 1.54) is 134 Å². The zero-order chi connectivity index (χ0) is 89.7. The summed E-state index contributed by atoms with van der Waals surface area (Å²) in [6, 6.07) is 89.5. The molecule has 0 atom stereocenters. The summed E-state index contributed by atoms with van der Waals surface area (Å²) in [6.07, 6.45) is 0. The lowest BCUT2D eigenvalue weighted by Gasteiger charge is -2.32. The first-order valence-corrected chi connectivity index (χ1v) is 52.4. The van der Waals surface area contributed by atoms with Gasteiger partial charge in [0.05, 0.1) is 0 Å². The van der Waals surface area contributed by atoms with Gasteiger partial charge in [-0.15, -0.1) is 0 Å². The van der Waals surface area contributed by atoms with Crippen LogP contribution in [0.3, 0.4) is 0 Å². The molecule has 0 amide bonds. The maximum absolute atomic E-state index is 2.62. The standard InChI is InChI=1S/3C40H48Si/c3*1-37(2,3)25-13-17-29-30-18-14-26(38(4,5)6)22-34(30)41(33(29)21-25)35-23-27(39(7,8)9)15-19-31(35)32-20-16-28(24-36(32)41)40(10,11)12/h3*13-24H,1-12H3. The summed E-state index contributed by atoms with van der Waals surface area (Å²) in [4.78, 5) is 0. The Bertz CT molecular complexity index is 4950. The van der Waals surface area contributed by atoms with Gasteiger partial charge >= 0.3 is 0 Å². The maximum Gasteiger partial charge on any atom is 0.182 e. The molecular weight excluding hydrogens is 1530 g/mol. The molecule has 0 radical (unpaired) electrons. The smallest absolute Gasteiger partial charge is 0.0579 e. The molecule has 6 aliphatic rings. The van der Waals surface area contributed by atoms with Gasteiger partial charge in [0, 0.05) is 0 Å². The molecule has 0 nitrogen and oxygen atoms in total. The fraction of sp³-hybridized carbons (Fsp3) is 0.400. The molecule has 0 fully saturated rings. The van der Waals surface area contributed by atoms with Gasteiger partial charge in [0.15, 0.2) is 24.2 Å². The Labute approximate surface area is 747 Å². The maximum atomic E-state index is 2.62. The van der Waals surface area contributed by atoms with E-state index in [-0.39, 0.29) is 65.0 Å². The largest absolute Gasteiger partial charge is 0.182 e. The normalized spacial score (nSPS) is 15.5. The lowest BCUT2D eigenvalue weighted by Crippen LogP contribution is -2.71.